The Morgan fingerprint density at radius 1 is 1.17 bits per heavy atom. The molecule has 0 unspecified atom stereocenters. The molecule has 1 amide bonds. The van der Waals surface area contributed by atoms with E-state index in [2.05, 4.69) is 0 Å². The Balaban J connectivity index is 2.44. The number of anilines is 1. The predicted molar refractivity (Wildman–Crippen MR) is 78.7 cm³/mol. The number of primary amides is 1. The minimum absolute atomic E-state index is 0.0645. The van der Waals surface area contributed by atoms with Crippen LogP contribution in [-0.4, -0.2) is 21.4 Å². The molecule has 3 N–H and O–H groups in total. The van der Waals surface area contributed by atoms with Crippen LogP contribution in [0.15, 0.2) is 41.3 Å². The molecule has 2 aromatic carbocycles. The van der Waals surface area contributed by atoms with Crippen molar-refractivity contribution in [2.45, 2.75) is 4.90 Å². The zero-order valence-corrected chi connectivity index (χ0v) is 12.7. The molecule has 2 aromatic rings. The average molecular weight is 342 g/mol. The van der Waals surface area contributed by atoms with Gasteiger partial charge in [0.2, 0.25) is 0 Å². The van der Waals surface area contributed by atoms with Gasteiger partial charge in [-0.3, -0.25) is 9.52 Å². The fraction of sp³-hybridized carbons (Fsp3) is 0.0714. The van der Waals surface area contributed by atoms with E-state index in [1.807, 2.05) is 4.72 Å². The molecule has 0 saturated carbocycles. The molecule has 0 aromatic heterocycles. The highest BCUT2D eigenvalue weighted by molar-refractivity contribution is 7.92. The van der Waals surface area contributed by atoms with Crippen molar-refractivity contribution in [3.05, 3.63) is 53.6 Å². The number of hydrogen-bond acceptors (Lipinski definition) is 4. The van der Waals surface area contributed by atoms with Crippen molar-refractivity contribution in [3.63, 3.8) is 0 Å². The van der Waals surface area contributed by atoms with Crippen LogP contribution in [0.3, 0.4) is 0 Å². The summed E-state index contributed by atoms with van der Waals surface area (Å²) in [5.41, 5.74) is 3.52. The van der Waals surface area contributed by atoms with Crippen molar-refractivity contribution < 1.29 is 26.7 Å². The quantitative estimate of drug-likeness (QED) is 0.866. The van der Waals surface area contributed by atoms with E-state index >= 15 is 0 Å². The van der Waals surface area contributed by atoms with Crippen LogP contribution in [0.25, 0.3) is 0 Å². The average Bonchev–Trinajstić information content (AvgIpc) is 2.45. The van der Waals surface area contributed by atoms with Crippen molar-refractivity contribution >= 4 is 21.6 Å². The number of sulfonamides is 1. The fourth-order valence-electron chi connectivity index (χ4n) is 1.92. The summed E-state index contributed by atoms with van der Waals surface area (Å²) in [7, 11) is -2.86. The molecule has 0 radical (unpaired) electrons. The summed E-state index contributed by atoms with van der Waals surface area (Å²) >= 11 is 0. The third-order valence-corrected chi connectivity index (χ3v) is 4.32. The maximum atomic E-state index is 13.7. The summed E-state index contributed by atoms with van der Waals surface area (Å²) in [6, 6.07) is 7.05. The van der Waals surface area contributed by atoms with Gasteiger partial charge in [0.1, 0.15) is 27.8 Å². The van der Waals surface area contributed by atoms with E-state index in [0.29, 0.717) is 12.1 Å². The highest BCUT2D eigenvalue weighted by Gasteiger charge is 2.22. The lowest BCUT2D eigenvalue weighted by atomic mass is 10.1. The molecule has 0 aliphatic heterocycles. The number of hydrogen-bond donors (Lipinski definition) is 2. The summed E-state index contributed by atoms with van der Waals surface area (Å²) in [4.78, 5) is 10.7. The molecule has 0 spiro atoms. The van der Waals surface area contributed by atoms with Crippen LogP contribution >= 0.6 is 0 Å². The highest BCUT2D eigenvalue weighted by atomic mass is 32.2. The second-order valence-corrected chi connectivity index (χ2v) is 6.09. The monoisotopic (exact) mass is 342 g/mol. The zero-order chi connectivity index (χ0) is 17.2. The van der Waals surface area contributed by atoms with E-state index in [0.717, 1.165) is 0 Å². The normalized spacial score (nSPS) is 11.1. The van der Waals surface area contributed by atoms with Crippen LogP contribution in [0, 0.1) is 11.6 Å². The van der Waals surface area contributed by atoms with E-state index in [-0.39, 0.29) is 10.6 Å². The molecular weight excluding hydrogens is 330 g/mol. The van der Waals surface area contributed by atoms with Gasteiger partial charge < -0.3 is 10.5 Å². The van der Waals surface area contributed by atoms with Crippen molar-refractivity contribution in [2.24, 2.45) is 5.73 Å². The van der Waals surface area contributed by atoms with Gasteiger partial charge in [-0.2, -0.15) is 0 Å². The minimum Gasteiger partial charge on any atom is -0.495 e. The lowest BCUT2D eigenvalue weighted by Gasteiger charge is -2.12. The number of carbonyl (C=O) groups is 1. The summed E-state index contributed by atoms with van der Waals surface area (Å²) < 4.78 is 58.9. The molecule has 6 nitrogen and oxygen atoms in total. The van der Waals surface area contributed by atoms with Crippen molar-refractivity contribution in [1.82, 2.24) is 0 Å². The molecule has 0 atom stereocenters. The van der Waals surface area contributed by atoms with E-state index in [4.69, 9.17) is 10.5 Å². The molecule has 0 bridgehead atoms. The standard InChI is InChI=1S/C14H12F2N2O4S/c1-22-11-4-2-3-5-12(11)23(20,21)18-8-6-9(15)13(14(17)19)10(16)7-8/h2-7,18H,1H3,(H2,17,19). The molecule has 0 aliphatic rings. The predicted octanol–water partition coefficient (Wildman–Crippen LogP) is 1.87. The van der Waals surface area contributed by atoms with Crippen molar-refractivity contribution in [3.8, 4) is 5.75 Å². The van der Waals surface area contributed by atoms with Crippen LogP contribution in [0.1, 0.15) is 10.4 Å². The summed E-state index contributed by atoms with van der Waals surface area (Å²) in [6.45, 7) is 0. The van der Waals surface area contributed by atoms with E-state index in [9.17, 15) is 22.0 Å². The fourth-order valence-corrected chi connectivity index (χ4v) is 3.13. The summed E-state index contributed by atoms with van der Waals surface area (Å²) in [5.74, 6) is -3.76. The number of para-hydroxylation sites is 1. The molecule has 0 fully saturated rings. The number of benzene rings is 2. The molecule has 9 heteroatoms. The smallest absolute Gasteiger partial charge is 0.265 e. The maximum absolute atomic E-state index is 13.7. The van der Waals surface area contributed by atoms with Gasteiger partial charge in [-0.1, -0.05) is 12.1 Å². The van der Waals surface area contributed by atoms with Gasteiger partial charge in [-0.05, 0) is 24.3 Å². The van der Waals surface area contributed by atoms with Crippen LogP contribution in [0.2, 0.25) is 0 Å². The van der Waals surface area contributed by atoms with E-state index < -0.39 is 38.8 Å². The van der Waals surface area contributed by atoms with Crippen LogP contribution in [-0.2, 0) is 10.0 Å². The Labute approximate surface area is 130 Å². The lowest BCUT2D eigenvalue weighted by molar-refractivity contribution is 0.0992. The number of ether oxygens (including phenoxy) is 1. The Morgan fingerprint density at radius 3 is 2.26 bits per heavy atom. The molecule has 0 aliphatic carbocycles. The number of rotatable bonds is 5. The lowest BCUT2D eigenvalue weighted by Crippen LogP contribution is -2.18. The number of carbonyl (C=O) groups excluding carboxylic acids is 1. The summed E-state index contributed by atoms with van der Waals surface area (Å²) in [5, 5.41) is 0. The maximum Gasteiger partial charge on any atom is 0.265 e. The zero-order valence-electron chi connectivity index (χ0n) is 11.8. The number of halogens is 2. The largest absolute Gasteiger partial charge is 0.495 e. The van der Waals surface area contributed by atoms with Gasteiger partial charge in [0, 0.05) is 0 Å². The summed E-state index contributed by atoms with van der Waals surface area (Å²) in [6.07, 6.45) is 0. The second kappa shape index (κ2) is 6.21. The highest BCUT2D eigenvalue weighted by Crippen LogP contribution is 2.26. The topological polar surface area (TPSA) is 98.5 Å². The minimum atomic E-state index is -4.15. The first-order valence-corrected chi connectivity index (χ1v) is 7.69. The van der Waals surface area contributed by atoms with Gasteiger partial charge in [-0.25, -0.2) is 17.2 Å². The van der Waals surface area contributed by atoms with Crippen molar-refractivity contribution in [1.29, 1.82) is 0 Å². The number of methoxy groups -OCH3 is 1. The third kappa shape index (κ3) is 3.39. The van der Waals surface area contributed by atoms with E-state index in [1.54, 1.807) is 6.07 Å². The second-order valence-electron chi connectivity index (χ2n) is 4.44. The first-order valence-electron chi connectivity index (χ1n) is 6.21. The molecule has 23 heavy (non-hydrogen) atoms. The van der Waals surface area contributed by atoms with Crippen LogP contribution < -0.4 is 15.2 Å². The van der Waals surface area contributed by atoms with Gasteiger partial charge in [0.25, 0.3) is 15.9 Å². The van der Waals surface area contributed by atoms with Gasteiger partial charge in [0.05, 0.1) is 12.8 Å². The van der Waals surface area contributed by atoms with Gasteiger partial charge >= 0.3 is 0 Å². The number of nitrogens with one attached hydrogen (secondary N) is 1. The number of nitrogens with two attached hydrogens (primary N) is 1. The molecule has 122 valence electrons. The molecule has 0 saturated heterocycles. The third-order valence-electron chi connectivity index (χ3n) is 2.90. The first-order chi connectivity index (χ1) is 10.8. The Bertz CT molecular complexity index is 846. The van der Waals surface area contributed by atoms with Crippen LogP contribution in [0.5, 0.6) is 5.75 Å². The van der Waals surface area contributed by atoms with Gasteiger partial charge in [0.15, 0.2) is 0 Å². The van der Waals surface area contributed by atoms with Gasteiger partial charge in [-0.15, -0.1) is 0 Å². The molecule has 2 rings (SSSR count). The Kier molecular flexibility index (Phi) is 4.50. The SMILES string of the molecule is COc1ccccc1S(=O)(=O)Nc1cc(F)c(C(N)=O)c(F)c1. The number of amides is 1. The molecule has 0 heterocycles. The molecular formula is C14H12F2N2O4S. The Morgan fingerprint density at radius 2 is 1.74 bits per heavy atom. The van der Waals surface area contributed by atoms with Crippen LogP contribution in [0.4, 0.5) is 14.5 Å². The van der Waals surface area contributed by atoms with E-state index in [1.165, 1.54) is 25.3 Å². The first kappa shape index (κ1) is 16.7. The Hall–Kier alpha value is -2.68. The van der Waals surface area contributed by atoms with Crippen molar-refractivity contribution in [2.75, 3.05) is 11.8 Å².